The van der Waals surface area contributed by atoms with E-state index in [-0.39, 0.29) is 0 Å². The van der Waals surface area contributed by atoms with E-state index in [0.717, 1.165) is 0 Å². The van der Waals surface area contributed by atoms with Crippen LogP contribution in [-0.4, -0.2) is 24.5 Å². The zero-order valence-electron chi connectivity index (χ0n) is 10.6. The molecule has 0 spiro atoms. The van der Waals surface area contributed by atoms with Gasteiger partial charge in [-0.2, -0.15) is 0 Å². The van der Waals surface area contributed by atoms with E-state index < -0.39 is 18.0 Å². The summed E-state index contributed by atoms with van der Waals surface area (Å²) >= 11 is 12.0. The standard InChI is InChI=1S/C12H15Cl2N3O2/c1-3-15-12(19)17-11(18)7(2)16-10-8(13)5-4-6-9(10)14/h4-7,16H,3H2,1-2H3,(H2,15,17,18,19). The molecule has 1 rings (SSSR count). The summed E-state index contributed by atoms with van der Waals surface area (Å²) in [5.41, 5.74) is 0.462. The second kappa shape index (κ2) is 7.21. The minimum Gasteiger partial charge on any atom is -0.371 e. The fourth-order valence-corrected chi connectivity index (χ4v) is 1.85. The molecule has 1 unspecified atom stereocenters. The average molecular weight is 304 g/mol. The van der Waals surface area contributed by atoms with E-state index in [1.807, 2.05) is 0 Å². The number of amides is 3. The van der Waals surface area contributed by atoms with Crippen LogP contribution in [0, 0.1) is 0 Å². The first kappa shape index (κ1) is 15.6. The molecule has 0 aliphatic rings. The van der Waals surface area contributed by atoms with Gasteiger partial charge in [0.15, 0.2) is 0 Å². The number of urea groups is 1. The van der Waals surface area contributed by atoms with Crippen LogP contribution in [0.25, 0.3) is 0 Å². The molecular weight excluding hydrogens is 289 g/mol. The number of hydrogen-bond donors (Lipinski definition) is 3. The van der Waals surface area contributed by atoms with Crippen LogP contribution in [-0.2, 0) is 4.79 Å². The predicted molar refractivity (Wildman–Crippen MR) is 76.8 cm³/mol. The van der Waals surface area contributed by atoms with E-state index in [9.17, 15) is 9.59 Å². The van der Waals surface area contributed by atoms with Crippen molar-refractivity contribution in [3.05, 3.63) is 28.2 Å². The van der Waals surface area contributed by atoms with Crippen molar-refractivity contribution in [2.75, 3.05) is 11.9 Å². The van der Waals surface area contributed by atoms with Crippen LogP contribution in [0.3, 0.4) is 0 Å². The molecule has 0 radical (unpaired) electrons. The number of anilines is 1. The highest BCUT2D eigenvalue weighted by atomic mass is 35.5. The first-order chi connectivity index (χ1) is 8.95. The quantitative estimate of drug-likeness (QED) is 0.801. The van der Waals surface area contributed by atoms with E-state index >= 15 is 0 Å². The summed E-state index contributed by atoms with van der Waals surface area (Å²) in [4.78, 5) is 23.0. The van der Waals surface area contributed by atoms with Crippen molar-refractivity contribution >= 4 is 40.8 Å². The fraction of sp³-hybridized carbons (Fsp3) is 0.333. The molecule has 0 aliphatic carbocycles. The predicted octanol–water partition coefficient (Wildman–Crippen LogP) is 2.64. The Morgan fingerprint density at radius 2 is 1.84 bits per heavy atom. The fourth-order valence-electron chi connectivity index (χ4n) is 1.34. The number of carbonyl (C=O) groups is 2. The summed E-state index contributed by atoms with van der Waals surface area (Å²) in [6.07, 6.45) is 0. The number of hydrogen-bond acceptors (Lipinski definition) is 3. The van der Waals surface area contributed by atoms with Crippen molar-refractivity contribution in [2.24, 2.45) is 0 Å². The minimum absolute atomic E-state index is 0.408. The van der Waals surface area contributed by atoms with Gasteiger partial charge in [0, 0.05) is 6.54 Å². The molecule has 1 aromatic rings. The Morgan fingerprint density at radius 3 is 2.37 bits per heavy atom. The highest BCUT2D eigenvalue weighted by molar-refractivity contribution is 6.39. The van der Waals surface area contributed by atoms with Crippen molar-refractivity contribution in [3.8, 4) is 0 Å². The Balaban J connectivity index is 2.66. The van der Waals surface area contributed by atoms with Crippen LogP contribution in [0.4, 0.5) is 10.5 Å². The molecule has 104 valence electrons. The first-order valence-corrected chi connectivity index (χ1v) is 6.50. The summed E-state index contributed by atoms with van der Waals surface area (Å²) in [5.74, 6) is -0.470. The number of nitrogens with one attached hydrogen (secondary N) is 3. The third-order valence-corrected chi connectivity index (χ3v) is 2.92. The van der Waals surface area contributed by atoms with Gasteiger partial charge in [-0.15, -0.1) is 0 Å². The van der Waals surface area contributed by atoms with Gasteiger partial charge < -0.3 is 10.6 Å². The highest BCUT2D eigenvalue weighted by Gasteiger charge is 2.17. The second-order valence-electron chi connectivity index (χ2n) is 3.81. The minimum atomic E-state index is -0.653. The van der Waals surface area contributed by atoms with E-state index in [1.165, 1.54) is 0 Å². The zero-order chi connectivity index (χ0) is 14.4. The third-order valence-electron chi connectivity index (χ3n) is 2.29. The van der Waals surface area contributed by atoms with Crippen LogP contribution in [0.2, 0.25) is 10.0 Å². The monoisotopic (exact) mass is 303 g/mol. The zero-order valence-corrected chi connectivity index (χ0v) is 12.1. The molecule has 1 aromatic carbocycles. The van der Waals surface area contributed by atoms with Crippen LogP contribution in [0.15, 0.2) is 18.2 Å². The summed E-state index contributed by atoms with van der Waals surface area (Å²) in [7, 11) is 0. The topological polar surface area (TPSA) is 70.2 Å². The van der Waals surface area contributed by atoms with E-state index in [2.05, 4.69) is 16.0 Å². The van der Waals surface area contributed by atoms with E-state index in [1.54, 1.807) is 32.0 Å². The van der Waals surface area contributed by atoms with Gasteiger partial charge >= 0.3 is 6.03 Å². The third kappa shape index (κ3) is 4.61. The van der Waals surface area contributed by atoms with Crippen LogP contribution < -0.4 is 16.0 Å². The lowest BCUT2D eigenvalue weighted by atomic mass is 10.2. The van der Waals surface area contributed by atoms with Crippen LogP contribution in [0.5, 0.6) is 0 Å². The smallest absolute Gasteiger partial charge is 0.321 e. The molecule has 0 aromatic heterocycles. The van der Waals surface area contributed by atoms with Gasteiger partial charge in [-0.3, -0.25) is 10.1 Å². The van der Waals surface area contributed by atoms with Crippen molar-refractivity contribution in [2.45, 2.75) is 19.9 Å². The summed E-state index contributed by atoms with van der Waals surface area (Å²) in [6, 6.07) is 3.83. The summed E-state index contributed by atoms with van der Waals surface area (Å²) < 4.78 is 0. The van der Waals surface area contributed by atoms with Crippen LogP contribution >= 0.6 is 23.2 Å². The molecule has 19 heavy (non-hydrogen) atoms. The number of para-hydroxylation sites is 1. The van der Waals surface area contributed by atoms with Gasteiger partial charge in [-0.1, -0.05) is 29.3 Å². The molecule has 3 N–H and O–H groups in total. The van der Waals surface area contributed by atoms with Crippen molar-refractivity contribution in [1.82, 2.24) is 10.6 Å². The van der Waals surface area contributed by atoms with Crippen molar-refractivity contribution in [1.29, 1.82) is 0 Å². The van der Waals surface area contributed by atoms with Gasteiger partial charge in [0.1, 0.15) is 6.04 Å². The number of carbonyl (C=O) groups excluding carboxylic acids is 2. The maximum Gasteiger partial charge on any atom is 0.321 e. The van der Waals surface area contributed by atoms with Gasteiger partial charge in [-0.05, 0) is 26.0 Å². The first-order valence-electron chi connectivity index (χ1n) is 5.75. The highest BCUT2D eigenvalue weighted by Crippen LogP contribution is 2.30. The lowest BCUT2D eigenvalue weighted by Crippen LogP contribution is -2.45. The average Bonchev–Trinajstić information content (AvgIpc) is 2.34. The number of rotatable bonds is 4. The number of imide groups is 1. The Hall–Kier alpha value is -1.46. The Labute approximate surface area is 121 Å². The number of benzene rings is 1. The van der Waals surface area contributed by atoms with Crippen molar-refractivity contribution < 1.29 is 9.59 Å². The normalized spacial score (nSPS) is 11.6. The van der Waals surface area contributed by atoms with Gasteiger partial charge in [0.25, 0.3) is 0 Å². The molecule has 0 aliphatic heterocycles. The molecule has 0 bridgehead atoms. The molecule has 0 fully saturated rings. The lowest BCUT2D eigenvalue weighted by molar-refractivity contribution is -0.120. The van der Waals surface area contributed by atoms with E-state index in [4.69, 9.17) is 23.2 Å². The van der Waals surface area contributed by atoms with Gasteiger partial charge in [0.2, 0.25) is 5.91 Å². The Kier molecular flexibility index (Phi) is 5.92. The molecular formula is C12H15Cl2N3O2. The van der Waals surface area contributed by atoms with Gasteiger partial charge in [-0.25, -0.2) is 4.79 Å². The van der Waals surface area contributed by atoms with Gasteiger partial charge in [0.05, 0.1) is 15.7 Å². The maximum absolute atomic E-state index is 11.7. The largest absolute Gasteiger partial charge is 0.371 e. The molecule has 7 heteroatoms. The van der Waals surface area contributed by atoms with Crippen molar-refractivity contribution in [3.63, 3.8) is 0 Å². The molecule has 0 heterocycles. The number of halogens is 2. The molecule has 1 atom stereocenters. The Bertz CT molecular complexity index is 460. The molecule has 5 nitrogen and oxygen atoms in total. The van der Waals surface area contributed by atoms with E-state index in [0.29, 0.717) is 22.3 Å². The summed E-state index contributed by atoms with van der Waals surface area (Å²) in [6.45, 7) is 3.81. The van der Waals surface area contributed by atoms with Crippen LogP contribution in [0.1, 0.15) is 13.8 Å². The maximum atomic E-state index is 11.7. The Morgan fingerprint density at radius 1 is 1.26 bits per heavy atom. The lowest BCUT2D eigenvalue weighted by Gasteiger charge is -2.16. The molecule has 3 amide bonds. The second-order valence-corrected chi connectivity index (χ2v) is 4.63. The SMILES string of the molecule is CCNC(=O)NC(=O)C(C)Nc1c(Cl)cccc1Cl. The molecule has 0 saturated heterocycles. The summed E-state index contributed by atoms with van der Waals surface area (Å²) in [5, 5.41) is 8.35. The molecule has 0 saturated carbocycles.